The molecule has 2 N–H and O–H groups in total. The van der Waals surface area contributed by atoms with E-state index in [-0.39, 0.29) is 5.56 Å². The summed E-state index contributed by atoms with van der Waals surface area (Å²) in [6.07, 6.45) is 12.8. The van der Waals surface area contributed by atoms with Crippen LogP contribution in [0.25, 0.3) is 22.4 Å². The molecule has 0 spiro atoms. The second-order valence-electron chi connectivity index (χ2n) is 11.9. The Morgan fingerprint density at radius 3 is 2.58 bits per heavy atom. The number of anilines is 3. The number of benzene rings is 1. The van der Waals surface area contributed by atoms with Gasteiger partial charge in [-0.05, 0) is 69.6 Å². The third kappa shape index (κ3) is 5.92. The zero-order valence-electron chi connectivity index (χ0n) is 24.7. The Kier molecular flexibility index (Phi) is 7.67. The van der Waals surface area contributed by atoms with E-state index < -0.39 is 0 Å². The minimum atomic E-state index is -0.136. The van der Waals surface area contributed by atoms with E-state index in [4.69, 9.17) is 9.97 Å². The summed E-state index contributed by atoms with van der Waals surface area (Å²) in [6, 6.07) is 10.5. The molecule has 11 heteroatoms. The monoisotopic (exact) mass is 595 g/mol. The predicted octanol–water partition coefficient (Wildman–Crippen LogP) is 5.60. The topological polar surface area (TPSA) is 106 Å². The first-order valence-electron chi connectivity index (χ1n) is 15.1. The minimum absolute atomic E-state index is 0.136. The zero-order chi connectivity index (χ0) is 29.3. The Labute approximate surface area is 254 Å². The standard InChI is InChI=1S/C32H37N9OS/c1-39-14-5-8-25(18-39)35-23-9-11-24(12-10-23)36-32-34-17-22-16-26(30-37-27(19-40(30)2)21-6-3-4-7-21)31(42)41(29(22)38-32)20-28-33-13-15-43-28/h9-13,15-17,19,21,25,35H,3-8,14,18,20H2,1-2H3,(H,34,36,38). The zero-order valence-corrected chi connectivity index (χ0v) is 25.5. The number of nitrogens with one attached hydrogen (secondary N) is 2. The van der Waals surface area contributed by atoms with E-state index in [2.05, 4.69) is 50.9 Å². The van der Waals surface area contributed by atoms with Crippen molar-refractivity contribution in [2.75, 3.05) is 30.8 Å². The molecule has 5 aromatic rings. The van der Waals surface area contributed by atoms with Crippen molar-refractivity contribution in [1.29, 1.82) is 0 Å². The van der Waals surface area contributed by atoms with Crippen LogP contribution in [0.5, 0.6) is 0 Å². The van der Waals surface area contributed by atoms with Crippen LogP contribution in [-0.4, -0.2) is 60.1 Å². The number of aromatic nitrogens is 6. The van der Waals surface area contributed by atoms with Gasteiger partial charge < -0.3 is 20.1 Å². The molecule has 1 saturated heterocycles. The van der Waals surface area contributed by atoms with Gasteiger partial charge in [-0.3, -0.25) is 9.36 Å². The number of thiazole rings is 1. The maximum absolute atomic E-state index is 14.1. The molecule has 222 valence electrons. The number of hydrogen-bond acceptors (Lipinski definition) is 9. The van der Waals surface area contributed by atoms with Crippen LogP contribution in [0.2, 0.25) is 0 Å². The lowest BCUT2D eigenvalue weighted by Crippen LogP contribution is -2.39. The van der Waals surface area contributed by atoms with Crippen LogP contribution in [0.3, 0.4) is 0 Å². The molecule has 1 atom stereocenters. The number of rotatable bonds is 8. The number of piperidine rings is 1. The van der Waals surface area contributed by atoms with Crippen LogP contribution >= 0.6 is 11.3 Å². The Morgan fingerprint density at radius 1 is 1.00 bits per heavy atom. The predicted molar refractivity (Wildman–Crippen MR) is 172 cm³/mol. The van der Waals surface area contributed by atoms with E-state index >= 15 is 0 Å². The van der Waals surface area contributed by atoms with Crippen LogP contribution < -0.4 is 16.2 Å². The van der Waals surface area contributed by atoms with E-state index in [0.717, 1.165) is 53.4 Å². The molecule has 10 nitrogen and oxygen atoms in total. The second-order valence-corrected chi connectivity index (χ2v) is 12.9. The van der Waals surface area contributed by atoms with Gasteiger partial charge in [-0.2, -0.15) is 4.98 Å². The van der Waals surface area contributed by atoms with Crippen molar-refractivity contribution in [3.05, 3.63) is 75.4 Å². The molecule has 2 aliphatic rings. The van der Waals surface area contributed by atoms with E-state index in [0.29, 0.717) is 41.5 Å². The summed E-state index contributed by atoms with van der Waals surface area (Å²) in [4.78, 5) is 35.3. The molecular weight excluding hydrogens is 558 g/mol. The maximum atomic E-state index is 14.1. The lowest BCUT2D eigenvalue weighted by atomic mass is 10.1. The van der Waals surface area contributed by atoms with Crippen molar-refractivity contribution in [2.24, 2.45) is 7.05 Å². The molecule has 1 aliphatic heterocycles. The van der Waals surface area contributed by atoms with Crippen molar-refractivity contribution in [3.8, 4) is 11.4 Å². The molecule has 1 aliphatic carbocycles. The number of pyridine rings is 1. The van der Waals surface area contributed by atoms with Gasteiger partial charge in [0, 0.05) is 66.3 Å². The molecular formula is C32H37N9OS. The molecule has 43 heavy (non-hydrogen) atoms. The molecule has 7 rings (SSSR count). The summed E-state index contributed by atoms with van der Waals surface area (Å²) in [6.45, 7) is 2.54. The van der Waals surface area contributed by atoms with Crippen LogP contribution in [0.4, 0.5) is 17.3 Å². The van der Waals surface area contributed by atoms with E-state index in [9.17, 15) is 4.79 Å². The molecule has 1 unspecified atom stereocenters. The normalized spacial score (nSPS) is 18.0. The highest BCUT2D eigenvalue weighted by molar-refractivity contribution is 7.09. The van der Waals surface area contributed by atoms with Crippen molar-refractivity contribution < 1.29 is 0 Å². The van der Waals surface area contributed by atoms with Gasteiger partial charge in [0.2, 0.25) is 5.95 Å². The van der Waals surface area contributed by atoms with Crippen LogP contribution in [-0.2, 0) is 13.6 Å². The van der Waals surface area contributed by atoms with Crippen LogP contribution in [0.1, 0.15) is 55.1 Å². The number of hydrogen-bond donors (Lipinski definition) is 2. The fourth-order valence-corrected chi connectivity index (χ4v) is 7.05. The number of likely N-dealkylation sites (N-methyl/N-ethyl adjacent to an activating group) is 1. The summed E-state index contributed by atoms with van der Waals surface area (Å²) < 4.78 is 3.68. The molecule has 2 fully saturated rings. The molecule has 0 bridgehead atoms. The number of aryl methyl sites for hydroxylation is 1. The van der Waals surface area contributed by atoms with Gasteiger partial charge in [0.05, 0.1) is 17.8 Å². The summed E-state index contributed by atoms with van der Waals surface area (Å²) in [5, 5.41) is 10.5. The number of likely N-dealkylation sites (tertiary alicyclic amines) is 1. The SMILES string of the molecule is CN1CCCC(Nc2ccc(Nc3ncc4cc(-c5nc(C6CCCC6)cn5C)c(=O)n(Cc5nccs5)c4n3)cc2)C1. The smallest absolute Gasteiger partial charge is 0.263 e. The van der Waals surface area contributed by atoms with E-state index in [1.165, 1.54) is 37.0 Å². The number of fused-ring (bicyclic) bond motifs is 1. The van der Waals surface area contributed by atoms with Gasteiger partial charge in [0.15, 0.2) is 0 Å². The average molecular weight is 596 g/mol. The highest BCUT2D eigenvalue weighted by atomic mass is 32.1. The van der Waals surface area contributed by atoms with Gasteiger partial charge in [-0.1, -0.05) is 12.8 Å². The molecule has 4 aromatic heterocycles. The number of imidazole rings is 1. The van der Waals surface area contributed by atoms with Crippen molar-refractivity contribution >= 4 is 39.7 Å². The average Bonchev–Trinajstić information content (AvgIpc) is 3.79. The van der Waals surface area contributed by atoms with Crippen molar-refractivity contribution in [2.45, 2.75) is 57.0 Å². The first kappa shape index (κ1) is 27.7. The van der Waals surface area contributed by atoms with Crippen LogP contribution in [0, 0.1) is 0 Å². The lowest BCUT2D eigenvalue weighted by Gasteiger charge is -2.30. The van der Waals surface area contributed by atoms with Gasteiger partial charge in [-0.15, -0.1) is 11.3 Å². The second kappa shape index (κ2) is 11.9. The molecule has 0 radical (unpaired) electrons. The largest absolute Gasteiger partial charge is 0.381 e. The van der Waals surface area contributed by atoms with E-state index in [1.54, 1.807) is 17.0 Å². The fraction of sp³-hybridized carbons (Fsp3) is 0.406. The summed E-state index contributed by atoms with van der Waals surface area (Å²) in [5.41, 5.74) is 4.02. The molecule has 1 aromatic carbocycles. The van der Waals surface area contributed by atoms with Crippen molar-refractivity contribution in [3.63, 3.8) is 0 Å². The maximum Gasteiger partial charge on any atom is 0.263 e. The van der Waals surface area contributed by atoms with Crippen molar-refractivity contribution in [1.82, 2.24) is 34.0 Å². The van der Waals surface area contributed by atoms with Gasteiger partial charge >= 0.3 is 0 Å². The summed E-state index contributed by atoms with van der Waals surface area (Å²) >= 11 is 1.52. The quantitative estimate of drug-likeness (QED) is 0.239. The highest BCUT2D eigenvalue weighted by Crippen LogP contribution is 2.34. The molecule has 1 saturated carbocycles. The Hall–Kier alpha value is -4.09. The van der Waals surface area contributed by atoms with Gasteiger partial charge in [0.25, 0.3) is 5.56 Å². The van der Waals surface area contributed by atoms with Crippen LogP contribution in [0.15, 0.2) is 59.1 Å². The minimum Gasteiger partial charge on any atom is -0.381 e. The third-order valence-corrected chi connectivity index (χ3v) is 9.41. The van der Waals surface area contributed by atoms with E-state index in [1.807, 2.05) is 35.2 Å². The summed E-state index contributed by atoms with van der Waals surface area (Å²) in [7, 11) is 4.14. The molecule has 0 amide bonds. The summed E-state index contributed by atoms with van der Waals surface area (Å²) in [5.74, 6) is 1.58. The highest BCUT2D eigenvalue weighted by Gasteiger charge is 2.23. The Balaban J connectivity index is 1.19. The third-order valence-electron chi connectivity index (χ3n) is 8.65. The van der Waals surface area contributed by atoms with Gasteiger partial charge in [0.1, 0.15) is 16.5 Å². The molecule has 5 heterocycles. The first-order valence-corrected chi connectivity index (χ1v) is 16.0. The Bertz CT molecular complexity index is 1770. The number of nitrogens with zero attached hydrogens (tertiary/aromatic N) is 7. The lowest BCUT2D eigenvalue weighted by molar-refractivity contribution is 0.261. The van der Waals surface area contributed by atoms with Gasteiger partial charge in [-0.25, -0.2) is 15.0 Å². The fourth-order valence-electron chi connectivity index (χ4n) is 6.45. The first-order chi connectivity index (χ1) is 21.0. The Morgan fingerprint density at radius 2 is 1.81 bits per heavy atom.